The Hall–Kier alpha value is -2.52. The van der Waals surface area contributed by atoms with Crippen molar-refractivity contribution in [1.29, 1.82) is 0 Å². The van der Waals surface area contributed by atoms with Crippen molar-refractivity contribution in [3.8, 4) is 5.75 Å². The summed E-state index contributed by atoms with van der Waals surface area (Å²) in [5.74, 6) is 0.499. The maximum absolute atomic E-state index is 12.0. The molecule has 1 amide bonds. The minimum absolute atomic E-state index is 0.0197. The van der Waals surface area contributed by atoms with E-state index < -0.39 is 0 Å². The summed E-state index contributed by atoms with van der Waals surface area (Å²) in [4.78, 5) is 12.0. The monoisotopic (exact) mass is 353 g/mol. The molecular weight excluding hydrogens is 334 g/mol. The van der Waals surface area contributed by atoms with Crippen LogP contribution in [-0.4, -0.2) is 12.5 Å². The summed E-state index contributed by atoms with van der Waals surface area (Å²) in [6, 6.07) is 18.0. The molecule has 0 heterocycles. The molecule has 0 aromatic heterocycles. The van der Waals surface area contributed by atoms with Gasteiger partial charge in [0.1, 0.15) is 5.75 Å². The Morgan fingerprint density at radius 1 is 1.00 bits per heavy atom. The van der Waals surface area contributed by atoms with Gasteiger partial charge in [0.15, 0.2) is 6.61 Å². The van der Waals surface area contributed by atoms with Crippen molar-refractivity contribution in [1.82, 2.24) is 5.32 Å². The van der Waals surface area contributed by atoms with E-state index in [0.29, 0.717) is 12.3 Å². The lowest BCUT2D eigenvalue weighted by atomic mass is 10.1. The number of aryl methyl sites for hydroxylation is 2. The van der Waals surface area contributed by atoms with Crippen LogP contribution in [0.4, 0.5) is 0 Å². The van der Waals surface area contributed by atoms with Crippen LogP contribution in [0.3, 0.4) is 0 Å². The molecule has 0 fully saturated rings. The lowest BCUT2D eigenvalue weighted by molar-refractivity contribution is -0.123. The molecule has 0 spiro atoms. The molecule has 128 valence electrons. The van der Waals surface area contributed by atoms with E-state index in [2.05, 4.69) is 29.6 Å². The largest absolute Gasteiger partial charge is 0.484 e. The molecule has 25 heavy (non-hydrogen) atoms. The van der Waals surface area contributed by atoms with E-state index in [1.54, 1.807) is 0 Å². The predicted octanol–water partition coefficient (Wildman–Crippen LogP) is 4.81. The van der Waals surface area contributed by atoms with E-state index in [1.807, 2.05) is 44.2 Å². The summed E-state index contributed by atoms with van der Waals surface area (Å²) < 4.78 is 5.57. The second kappa shape index (κ2) is 7.58. The molecular formula is C21H20ClNO2. The van der Waals surface area contributed by atoms with Crippen molar-refractivity contribution < 1.29 is 9.53 Å². The first kappa shape index (κ1) is 17.3. The Labute approximate surface area is 152 Å². The molecule has 3 rings (SSSR count). The van der Waals surface area contributed by atoms with Crippen LogP contribution >= 0.6 is 11.6 Å². The Morgan fingerprint density at radius 2 is 1.68 bits per heavy atom. The van der Waals surface area contributed by atoms with Gasteiger partial charge in [-0.3, -0.25) is 4.79 Å². The van der Waals surface area contributed by atoms with E-state index in [9.17, 15) is 4.79 Å². The molecule has 0 aliphatic carbocycles. The normalized spacial score (nSPS) is 10.7. The van der Waals surface area contributed by atoms with Gasteiger partial charge < -0.3 is 10.1 Å². The second-order valence-corrected chi connectivity index (χ2v) is 6.50. The van der Waals surface area contributed by atoms with Gasteiger partial charge in [-0.25, -0.2) is 0 Å². The van der Waals surface area contributed by atoms with Gasteiger partial charge in [0.05, 0.1) is 0 Å². The third-order valence-electron chi connectivity index (χ3n) is 4.08. The number of halogens is 1. The second-order valence-electron chi connectivity index (χ2n) is 6.12. The summed E-state index contributed by atoms with van der Waals surface area (Å²) in [5, 5.41) is 5.97. The number of benzene rings is 3. The average molecular weight is 354 g/mol. The van der Waals surface area contributed by atoms with Crippen molar-refractivity contribution in [2.24, 2.45) is 0 Å². The van der Waals surface area contributed by atoms with Crippen molar-refractivity contribution in [2.75, 3.05) is 6.61 Å². The lowest BCUT2D eigenvalue weighted by Crippen LogP contribution is -2.28. The topological polar surface area (TPSA) is 38.3 Å². The van der Waals surface area contributed by atoms with Gasteiger partial charge in [-0.1, -0.05) is 48.0 Å². The molecule has 1 N–H and O–H groups in total. The smallest absolute Gasteiger partial charge is 0.258 e. The summed E-state index contributed by atoms with van der Waals surface area (Å²) in [5.41, 5.74) is 2.94. The zero-order valence-electron chi connectivity index (χ0n) is 14.3. The average Bonchev–Trinajstić information content (AvgIpc) is 2.62. The van der Waals surface area contributed by atoms with Crippen molar-refractivity contribution in [3.63, 3.8) is 0 Å². The fourth-order valence-electron chi connectivity index (χ4n) is 2.74. The minimum atomic E-state index is -0.154. The third kappa shape index (κ3) is 4.31. The van der Waals surface area contributed by atoms with E-state index in [4.69, 9.17) is 16.3 Å². The summed E-state index contributed by atoms with van der Waals surface area (Å²) in [7, 11) is 0. The van der Waals surface area contributed by atoms with E-state index in [1.165, 1.54) is 5.39 Å². The number of rotatable bonds is 5. The van der Waals surface area contributed by atoms with Crippen LogP contribution in [0, 0.1) is 13.8 Å². The SMILES string of the molecule is Cc1cc(OCC(=O)NCc2ccc3ccccc3c2)cc(C)c1Cl. The molecule has 4 heteroatoms. The van der Waals surface area contributed by atoms with Crippen LogP contribution in [0.1, 0.15) is 16.7 Å². The highest BCUT2D eigenvalue weighted by Gasteiger charge is 2.07. The standard InChI is InChI=1S/C21H20ClNO2/c1-14-9-19(10-15(2)21(14)22)25-13-20(24)23-12-16-7-8-17-5-3-4-6-18(17)11-16/h3-11H,12-13H2,1-2H3,(H,23,24). The molecule has 0 unspecified atom stereocenters. The molecule has 0 saturated heterocycles. The van der Waals surface area contributed by atoms with Crippen LogP contribution in [0.5, 0.6) is 5.75 Å². The zero-order chi connectivity index (χ0) is 17.8. The van der Waals surface area contributed by atoms with Crippen molar-refractivity contribution in [3.05, 3.63) is 76.3 Å². The van der Waals surface area contributed by atoms with Gasteiger partial charge in [0.2, 0.25) is 0 Å². The molecule has 0 bridgehead atoms. The van der Waals surface area contributed by atoms with Crippen LogP contribution in [0.25, 0.3) is 10.8 Å². The van der Waals surface area contributed by atoms with Gasteiger partial charge in [0, 0.05) is 11.6 Å². The van der Waals surface area contributed by atoms with E-state index >= 15 is 0 Å². The summed E-state index contributed by atoms with van der Waals surface area (Å²) in [6.45, 7) is 4.30. The number of hydrogen-bond donors (Lipinski definition) is 1. The fourth-order valence-corrected chi connectivity index (χ4v) is 2.85. The molecule has 3 nitrogen and oxygen atoms in total. The maximum Gasteiger partial charge on any atom is 0.258 e. The number of carbonyl (C=O) groups excluding carboxylic acids is 1. The predicted molar refractivity (Wildman–Crippen MR) is 102 cm³/mol. The Bertz CT molecular complexity index is 898. The highest BCUT2D eigenvalue weighted by atomic mass is 35.5. The van der Waals surface area contributed by atoms with Gasteiger partial charge in [-0.15, -0.1) is 0 Å². The quantitative estimate of drug-likeness (QED) is 0.715. The van der Waals surface area contributed by atoms with Crippen LogP contribution < -0.4 is 10.1 Å². The first-order chi connectivity index (χ1) is 12.0. The molecule has 0 aliphatic heterocycles. The molecule has 0 atom stereocenters. The molecule has 0 aliphatic rings. The lowest BCUT2D eigenvalue weighted by Gasteiger charge is -2.10. The van der Waals surface area contributed by atoms with Crippen LogP contribution in [0.2, 0.25) is 5.02 Å². The van der Waals surface area contributed by atoms with Crippen molar-refractivity contribution >= 4 is 28.3 Å². The Balaban J connectivity index is 1.55. The Morgan fingerprint density at radius 3 is 2.40 bits per heavy atom. The van der Waals surface area contributed by atoms with Crippen molar-refractivity contribution in [2.45, 2.75) is 20.4 Å². The summed E-state index contributed by atoms with van der Waals surface area (Å²) >= 11 is 6.14. The number of amides is 1. The Kier molecular flexibility index (Phi) is 5.25. The maximum atomic E-state index is 12.0. The highest BCUT2D eigenvalue weighted by Crippen LogP contribution is 2.25. The summed E-state index contributed by atoms with van der Waals surface area (Å²) in [6.07, 6.45) is 0. The van der Waals surface area contributed by atoms with Gasteiger partial charge in [0.25, 0.3) is 5.91 Å². The first-order valence-electron chi connectivity index (χ1n) is 8.17. The fraction of sp³-hybridized carbons (Fsp3) is 0.190. The highest BCUT2D eigenvalue weighted by molar-refractivity contribution is 6.32. The molecule has 3 aromatic carbocycles. The molecule has 3 aromatic rings. The van der Waals surface area contributed by atoms with Gasteiger partial charge in [-0.2, -0.15) is 0 Å². The van der Waals surface area contributed by atoms with Gasteiger partial charge >= 0.3 is 0 Å². The number of ether oxygens (including phenoxy) is 1. The molecule has 0 radical (unpaired) electrons. The number of carbonyl (C=O) groups is 1. The number of fused-ring (bicyclic) bond motifs is 1. The van der Waals surface area contributed by atoms with Crippen LogP contribution in [0.15, 0.2) is 54.6 Å². The van der Waals surface area contributed by atoms with Gasteiger partial charge in [-0.05, 0) is 59.5 Å². The van der Waals surface area contributed by atoms with Crippen LogP contribution in [-0.2, 0) is 11.3 Å². The van der Waals surface area contributed by atoms with E-state index in [0.717, 1.165) is 27.1 Å². The number of nitrogens with one attached hydrogen (secondary N) is 1. The van der Waals surface area contributed by atoms with E-state index in [-0.39, 0.29) is 12.5 Å². The molecule has 0 saturated carbocycles. The number of hydrogen-bond acceptors (Lipinski definition) is 2. The first-order valence-corrected chi connectivity index (χ1v) is 8.54. The zero-order valence-corrected chi connectivity index (χ0v) is 15.1. The minimum Gasteiger partial charge on any atom is -0.484 e. The third-order valence-corrected chi connectivity index (χ3v) is 4.68.